The molecule has 1 aliphatic heterocycles. The second-order valence-corrected chi connectivity index (χ2v) is 7.96. The maximum atomic E-state index is 14.4. The van der Waals surface area contributed by atoms with E-state index < -0.39 is 18.0 Å². The molecule has 30 heavy (non-hydrogen) atoms. The van der Waals surface area contributed by atoms with Crippen LogP contribution in [0.5, 0.6) is 0 Å². The molecule has 4 rings (SSSR count). The lowest BCUT2D eigenvalue weighted by molar-refractivity contribution is 0.242. The third-order valence-corrected chi connectivity index (χ3v) is 5.98. The first-order valence-electron chi connectivity index (χ1n) is 9.42. The van der Waals surface area contributed by atoms with Crippen LogP contribution in [0.15, 0.2) is 51.9 Å². The Hall–Kier alpha value is -3.26. The van der Waals surface area contributed by atoms with Crippen molar-refractivity contribution < 1.29 is 9.18 Å². The van der Waals surface area contributed by atoms with Crippen LogP contribution in [0.25, 0.3) is 11.3 Å². The van der Waals surface area contributed by atoms with Gasteiger partial charge in [0, 0.05) is 41.7 Å². The van der Waals surface area contributed by atoms with Crippen LogP contribution >= 0.6 is 11.3 Å². The highest BCUT2D eigenvalue weighted by Crippen LogP contribution is 2.38. The van der Waals surface area contributed by atoms with E-state index in [1.54, 1.807) is 32.3 Å². The maximum Gasteiger partial charge on any atom is 0.341 e. The molecule has 1 aromatic carbocycles. The molecule has 0 radical (unpaired) electrons. The number of benzene rings is 1. The molecule has 8 heteroatoms. The van der Waals surface area contributed by atoms with Crippen LogP contribution in [0.3, 0.4) is 0 Å². The number of halogens is 1. The van der Waals surface area contributed by atoms with E-state index in [-0.39, 0.29) is 5.92 Å². The Bertz CT molecular complexity index is 1170. The second-order valence-electron chi connectivity index (χ2n) is 7.07. The zero-order valence-corrected chi connectivity index (χ0v) is 17.6. The molecule has 2 unspecified atom stereocenters. The first kappa shape index (κ1) is 20.0. The molecule has 0 saturated carbocycles. The monoisotopic (exact) mass is 421 g/mol. The van der Waals surface area contributed by atoms with Gasteiger partial charge in [-0.2, -0.15) is 4.39 Å². The van der Waals surface area contributed by atoms with Gasteiger partial charge in [-0.25, -0.2) is 19.8 Å². The van der Waals surface area contributed by atoms with Gasteiger partial charge in [0.2, 0.25) is 5.95 Å². The summed E-state index contributed by atoms with van der Waals surface area (Å²) in [7, 11) is 1.74. The fraction of sp³-hybridized carbons (Fsp3) is 0.227. The van der Waals surface area contributed by atoms with Crippen molar-refractivity contribution in [3.8, 4) is 11.3 Å². The highest BCUT2D eigenvalue weighted by atomic mass is 32.1. The number of carbonyl (C=O) groups is 1. The summed E-state index contributed by atoms with van der Waals surface area (Å²) < 4.78 is 14.4. The van der Waals surface area contributed by atoms with E-state index in [1.807, 2.05) is 24.4 Å². The molecular formula is C22H20FN5OS. The van der Waals surface area contributed by atoms with Crippen LogP contribution in [0.2, 0.25) is 0 Å². The van der Waals surface area contributed by atoms with E-state index in [0.29, 0.717) is 11.3 Å². The Morgan fingerprint density at radius 2 is 2.10 bits per heavy atom. The van der Waals surface area contributed by atoms with E-state index in [0.717, 1.165) is 27.4 Å². The van der Waals surface area contributed by atoms with Crippen molar-refractivity contribution in [2.75, 3.05) is 7.05 Å². The Morgan fingerprint density at radius 3 is 2.83 bits per heavy atom. The molecule has 6 nitrogen and oxygen atoms in total. The molecule has 0 bridgehead atoms. The molecule has 0 aliphatic carbocycles. The summed E-state index contributed by atoms with van der Waals surface area (Å²) >= 11 is 1.47. The highest BCUT2D eigenvalue weighted by Gasteiger charge is 2.36. The van der Waals surface area contributed by atoms with Gasteiger partial charge >= 0.3 is 6.03 Å². The number of nitrogens with one attached hydrogen (secondary N) is 1. The minimum atomic E-state index is -0.619. The number of urea groups is 1. The highest BCUT2D eigenvalue weighted by molar-refractivity contribution is 7.10. The first-order chi connectivity index (χ1) is 14.5. The van der Waals surface area contributed by atoms with Crippen LogP contribution in [0, 0.1) is 12.9 Å². The van der Waals surface area contributed by atoms with Crippen LogP contribution in [-0.2, 0) is 0 Å². The van der Waals surface area contributed by atoms with Gasteiger partial charge in [0.1, 0.15) is 5.01 Å². The number of aromatic nitrogens is 2. The molecule has 3 aromatic rings. The fourth-order valence-corrected chi connectivity index (χ4v) is 4.70. The van der Waals surface area contributed by atoms with Crippen molar-refractivity contribution >= 4 is 29.3 Å². The number of thiazole rings is 1. The van der Waals surface area contributed by atoms with Gasteiger partial charge in [-0.1, -0.05) is 18.2 Å². The van der Waals surface area contributed by atoms with Crippen LogP contribution in [-0.4, -0.2) is 35.0 Å². The van der Waals surface area contributed by atoms with Crippen LogP contribution in [0.1, 0.15) is 40.6 Å². The summed E-state index contributed by atoms with van der Waals surface area (Å²) in [5, 5.41) is 5.52. The molecule has 152 valence electrons. The summed E-state index contributed by atoms with van der Waals surface area (Å²) in [6.07, 6.45) is 3.19. The average molecular weight is 422 g/mol. The van der Waals surface area contributed by atoms with Crippen molar-refractivity contribution in [3.05, 3.63) is 69.6 Å². The Kier molecular flexibility index (Phi) is 5.50. The minimum absolute atomic E-state index is 0.321. The molecular weight excluding hydrogens is 401 g/mol. The predicted octanol–water partition coefficient (Wildman–Crippen LogP) is 4.71. The van der Waals surface area contributed by atoms with Crippen molar-refractivity contribution in [2.24, 2.45) is 9.98 Å². The quantitative estimate of drug-likeness (QED) is 0.489. The molecule has 0 saturated heterocycles. The van der Waals surface area contributed by atoms with E-state index in [9.17, 15) is 9.18 Å². The van der Waals surface area contributed by atoms with Crippen LogP contribution in [0.4, 0.5) is 9.18 Å². The number of aryl methyl sites for hydroxylation is 1. The van der Waals surface area contributed by atoms with Gasteiger partial charge in [0.15, 0.2) is 0 Å². The van der Waals surface area contributed by atoms with Gasteiger partial charge in [0.05, 0.1) is 17.7 Å². The third kappa shape index (κ3) is 3.78. The molecule has 2 amide bonds. The zero-order valence-electron chi connectivity index (χ0n) is 16.8. The average Bonchev–Trinajstić information content (AvgIpc) is 3.17. The molecule has 1 N–H and O–H groups in total. The number of nitrogens with zero attached hydrogens (tertiary/aromatic N) is 4. The number of hydrogen-bond acceptors (Lipinski definition) is 5. The number of aliphatic imine (C=N–C) groups is 2. The zero-order chi connectivity index (χ0) is 21.3. The lowest BCUT2D eigenvalue weighted by Crippen LogP contribution is -2.39. The summed E-state index contributed by atoms with van der Waals surface area (Å²) in [4.78, 5) is 28.7. The molecule has 0 spiro atoms. The minimum Gasteiger partial charge on any atom is -0.328 e. The normalized spacial score (nSPS) is 19.1. The molecule has 2 aromatic heterocycles. The van der Waals surface area contributed by atoms with E-state index in [2.05, 4.69) is 26.4 Å². The van der Waals surface area contributed by atoms with Crippen molar-refractivity contribution in [3.63, 3.8) is 0 Å². The van der Waals surface area contributed by atoms with Gasteiger partial charge in [-0.3, -0.25) is 4.99 Å². The largest absolute Gasteiger partial charge is 0.341 e. The summed E-state index contributed by atoms with van der Waals surface area (Å²) in [5.41, 5.74) is 4.88. The molecule has 1 aliphatic rings. The Morgan fingerprint density at radius 1 is 1.27 bits per heavy atom. The molecule has 3 heterocycles. The van der Waals surface area contributed by atoms with Gasteiger partial charge in [-0.05, 0) is 37.1 Å². The third-order valence-electron chi connectivity index (χ3n) is 5.06. The molecule has 0 fully saturated rings. The molecule has 2 atom stereocenters. The van der Waals surface area contributed by atoms with Gasteiger partial charge in [-0.15, -0.1) is 11.3 Å². The lowest BCUT2D eigenvalue weighted by atomic mass is 9.89. The standard InChI is InChI=1S/C22H20FN5OS/c1-12-9-14(10-24-3)6-7-15(12)17-11-30-21(27-17)18-13(2)26-22(29)28-19(18)16-5-4-8-25-20(16)23/h4-11,18-19H,1-3H3,(H,28,29). The number of rotatable bonds is 4. The Balaban J connectivity index is 1.74. The summed E-state index contributed by atoms with van der Waals surface area (Å²) in [5.74, 6) is -0.977. The number of hydrogen-bond donors (Lipinski definition) is 1. The Labute approximate surface area is 177 Å². The van der Waals surface area contributed by atoms with E-state index >= 15 is 0 Å². The summed E-state index contributed by atoms with van der Waals surface area (Å²) in [6, 6.07) is 8.25. The summed E-state index contributed by atoms with van der Waals surface area (Å²) in [6.45, 7) is 3.80. The fourth-order valence-electron chi connectivity index (χ4n) is 3.69. The lowest BCUT2D eigenvalue weighted by Gasteiger charge is -2.29. The van der Waals surface area contributed by atoms with Crippen LogP contribution < -0.4 is 5.32 Å². The number of amides is 2. The second kappa shape index (κ2) is 8.23. The SMILES string of the molecule is CN=Cc1ccc(-c2csc(C3C(C)=NC(=O)NC3c3cccnc3F)n2)c(C)c1. The van der Waals surface area contributed by atoms with Gasteiger partial charge in [0.25, 0.3) is 0 Å². The maximum absolute atomic E-state index is 14.4. The van der Waals surface area contributed by atoms with Crippen molar-refractivity contribution in [2.45, 2.75) is 25.8 Å². The number of carbonyl (C=O) groups excluding carboxylic acids is 1. The number of pyridine rings is 1. The first-order valence-corrected chi connectivity index (χ1v) is 10.3. The van der Waals surface area contributed by atoms with Crippen molar-refractivity contribution in [1.82, 2.24) is 15.3 Å². The van der Waals surface area contributed by atoms with Crippen molar-refractivity contribution in [1.29, 1.82) is 0 Å². The van der Waals surface area contributed by atoms with Gasteiger partial charge < -0.3 is 5.32 Å². The predicted molar refractivity (Wildman–Crippen MR) is 117 cm³/mol. The van der Waals surface area contributed by atoms with E-state index in [4.69, 9.17) is 4.98 Å². The smallest absolute Gasteiger partial charge is 0.328 e. The topological polar surface area (TPSA) is 79.6 Å². The van der Waals surface area contributed by atoms with E-state index in [1.165, 1.54) is 17.5 Å².